The summed E-state index contributed by atoms with van der Waals surface area (Å²) in [5.74, 6) is 0. The van der Waals surface area contributed by atoms with E-state index < -0.39 is 10.0 Å². The molecule has 2 N–H and O–H groups in total. The minimum absolute atomic E-state index is 0.395. The van der Waals surface area contributed by atoms with Gasteiger partial charge in [-0.1, -0.05) is 6.92 Å². The first kappa shape index (κ1) is 15.2. The van der Waals surface area contributed by atoms with Crippen LogP contribution in [0.15, 0.2) is 0 Å². The minimum Gasteiger partial charge on any atom is -0.328 e. The van der Waals surface area contributed by atoms with Gasteiger partial charge < -0.3 is 9.55 Å². The molecule has 0 aliphatic carbocycles. The van der Waals surface area contributed by atoms with Gasteiger partial charge in [0.2, 0.25) is 10.0 Å². The van der Waals surface area contributed by atoms with Gasteiger partial charge in [0.25, 0.3) is 0 Å². The number of hydrogen-bond acceptors (Lipinski definition) is 4. The Bertz CT molecular complexity index is 769. The Labute approximate surface area is 123 Å². The molecule has 2 aromatic rings. The normalized spacial score (nSPS) is 12.3. The van der Waals surface area contributed by atoms with Crippen molar-refractivity contribution in [3.63, 3.8) is 0 Å². The smallest absolute Gasteiger partial charge is 0.208 e. The highest BCUT2D eigenvalue weighted by Crippen LogP contribution is 2.18. The van der Waals surface area contributed by atoms with Gasteiger partial charge in [-0.3, -0.25) is 4.68 Å². The number of hydrogen-bond donors (Lipinski definition) is 2. The number of nitrogens with zero attached hydrogens (tertiary/aromatic N) is 3. The molecular formula is C11H19N5O2S2. The number of aromatic amines is 1. The van der Waals surface area contributed by atoms with Gasteiger partial charge in [-0.2, -0.15) is 5.10 Å². The molecule has 112 valence electrons. The highest BCUT2D eigenvalue weighted by Gasteiger charge is 2.13. The third-order valence-electron chi connectivity index (χ3n) is 3.08. The number of fused-ring (bicyclic) bond motifs is 1. The van der Waals surface area contributed by atoms with Crippen LogP contribution in [-0.2, 0) is 30.0 Å². The van der Waals surface area contributed by atoms with Crippen molar-refractivity contribution in [1.29, 1.82) is 0 Å². The Morgan fingerprint density at radius 3 is 2.75 bits per heavy atom. The lowest BCUT2D eigenvalue weighted by Gasteiger charge is -2.05. The van der Waals surface area contributed by atoms with Crippen LogP contribution in [0, 0.1) is 4.77 Å². The van der Waals surface area contributed by atoms with Crippen molar-refractivity contribution in [3.05, 3.63) is 10.5 Å². The van der Waals surface area contributed by atoms with E-state index in [4.69, 9.17) is 12.2 Å². The Hall–Kier alpha value is -1.19. The maximum atomic E-state index is 11.0. The highest BCUT2D eigenvalue weighted by molar-refractivity contribution is 7.88. The van der Waals surface area contributed by atoms with Crippen molar-refractivity contribution in [1.82, 2.24) is 24.1 Å². The molecule has 0 aliphatic heterocycles. The molecule has 0 amide bonds. The summed E-state index contributed by atoms with van der Waals surface area (Å²) in [6.45, 7) is 3.09. The van der Waals surface area contributed by atoms with E-state index >= 15 is 0 Å². The van der Waals surface area contributed by atoms with Gasteiger partial charge in [0.1, 0.15) is 5.52 Å². The molecule has 7 nitrogen and oxygen atoms in total. The molecule has 0 bridgehead atoms. The largest absolute Gasteiger partial charge is 0.328 e. The van der Waals surface area contributed by atoms with Crippen LogP contribution in [0.5, 0.6) is 0 Å². The standard InChI is InChI=1S/C11H19N5O2S2/c1-4-8-9-10(15(2)14-8)16(11(19)13-9)7-5-6-12-20(3,17)18/h12H,4-7H2,1-3H3,(H,13,19). The lowest BCUT2D eigenvalue weighted by molar-refractivity contribution is 0.573. The molecule has 0 saturated carbocycles. The third-order valence-corrected chi connectivity index (χ3v) is 4.13. The fourth-order valence-electron chi connectivity index (χ4n) is 2.23. The van der Waals surface area contributed by atoms with Crippen molar-refractivity contribution in [2.24, 2.45) is 7.05 Å². The van der Waals surface area contributed by atoms with Gasteiger partial charge in [0.15, 0.2) is 10.4 Å². The Kier molecular flexibility index (Phi) is 4.31. The molecular weight excluding hydrogens is 298 g/mol. The van der Waals surface area contributed by atoms with E-state index in [1.54, 1.807) is 0 Å². The number of aromatic nitrogens is 4. The van der Waals surface area contributed by atoms with E-state index in [0.29, 0.717) is 24.3 Å². The second kappa shape index (κ2) is 5.66. The van der Waals surface area contributed by atoms with E-state index in [9.17, 15) is 8.42 Å². The number of H-pyrrole nitrogens is 1. The van der Waals surface area contributed by atoms with Crippen molar-refractivity contribution in [2.45, 2.75) is 26.3 Å². The Morgan fingerprint density at radius 1 is 1.45 bits per heavy atom. The number of rotatable bonds is 6. The van der Waals surface area contributed by atoms with Crippen LogP contribution in [-0.4, -0.2) is 40.5 Å². The first-order chi connectivity index (χ1) is 9.33. The van der Waals surface area contributed by atoms with Crippen LogP contribution in [0.3, 0.4) is 0 Å². The van der Waals surface area contributed by atoms with Gasteiger partial charge in [0, 0.05) is 20.1 Å². The van der Waals surface area contributed by atoms with Gasteiger partial charge in [-0.15, -0.1) is 0 Å². The van der Waals surface area contributed by atoms with Crippen LogP contribution in [0.2, 0.25) is 0 Å². The summed E-state index contributed by atoms with van der Waals surface area (Å²) in [5.41, 5.74) is 2.91. The maximum Gasteiger partial charge on any atom is 0.208 e. The molecule has 0 unspecified atom stereocenters. The van der Waals surface area contributed by atoms with Crippen molar-refractivity contribution < 1.29 is 8.42 Å². The van der Waals surface area contributed by atoms with Gasteiger partial charge in [-0.05, 0) is 25.1 Å². The lowest BCUT2D eigenvalue weighted by Crippen LogP contribution is -2.24. The molecule has 2 aromatic heterocycles. The third kappa shape index (κ3) is 3.10. The molecule has 2 heterocycles. The topological polar surface area (TPSA) is 84.7 Å². The average Bonchev–Trinajstić information content (AvgIpc) is 2.82. The second-order valence-corrected chi connectivity index (χ2v) is 6.94. The van der Waals surface area contributed by atoms with E-state index in [2.05, 4.69) is 14.8 Å². The summed E-state index contributed by atoms with van der Waals surface area (Å²) in [6, 6.07) is 0. The molecule has 0 spiro atoms. The van der Waals surface area contributed by atoms with Crippen LogP contribution >= 0.6 is 12.2 Å². The highest BCUT2D eigenvalue weighted by atomic mass is 32.2. The zero-order valence-corrected chi connectivity index (χ0v) is 13.4. The average molecular weight is 317 g/mol. The summed E-state index contributed by atoms with van der Waals surface area (Å²) in [7, 11) is -1.25. The van der Waals surface area contributed by atoms with Crippen LogP contribution < -0.4 is 4.72 Å². The molecule has 20 heavy (non-hydrogen) atoms. The first-order valence-electron chi connectivity index (χ1n) is 6.42. The van der Waals surface area contributed by atoms with Gasteiger partial charge in [0.05, 0.1) is 11.9 Å². The molecule has 0 aliphatic rings. The van der Waals surface area contributed by atoms with Crippen LogP contribution in [0.1, 0.15) is 19.0 Å². The zero-order valence-electron chi connectivity index (χ0n) is 11.8. The SMILES string of the molecule is CCc1nn(C)c2c1[nH]c(=S)n2CCCNS(C)(=O)=O. The van der Waals surface area contributed by atoms with E-state index in [1.165, 1.54) is 0 Å². The number of imidazole rings is 1. The molecule has 0 fully saturated rings. The molecule has 0 saturated heterocycles. The molecule has 0 aromatic carbocycles. The predicted octanol–water partition coefficient (Wildman–Crippen LogP) is 0.934. The Morgan fingerprint density at radius 2 is 2.15 bits per heavy atom. The minimum atomic E-state index is -3.14. The van der Waals surface area contributed by atoms with Crippen molar-refractivity contribution in [3.8, 4) is 0 Å². The number of nitrogens with one attached hydrogen (secondary N) is 2. The van der Waals surface area contributed by atoms with Gasteiger partial charge >= 0.3 is 0 Å². The van der Waals surface area contributed by atoms with E-state index in [0.717, 1.165) is 29.5 Å². The molecule has 2 rings (SSSR count). The van der Waals surface area contributed by atoms with Crippen LogP contribution in [0.4, 0.5) is 0 Å². The zero-order chi connectivity index (χ0) is 14.9. The molecule has 9 heteroatoms. The summed E-state index contributed by atoms with van der Waals surface area (Å²) in [5, 5.41) is 4.44. The van der Waals surface area contributed by atoms with Gasteiger partial charge in [-0.25, -0.2) is 13.1 Å². The number of aryl methyl sites for hydroxylation is 3. The summed E-state index contributed by atoms with van der Waals surface area (Å²) >= 11 is 5.32. The second-order valence-electron chi connectivity index (χ2n) is 4.72. The summed E-state index contributed by atoms with van der Waals surface area (Å²) in [6.07, 6.45) is 2.66. The Balaban J connectivity index is 2.20. The summed E-state index contributed by atoms with van der Waals surface area (Å²) < 4.78 is 28.9. The van der Waals surface area contributed by atoms with E-state index in [1.807, 2.05) is 23.2 Å². The fraction of sp³-hybridized carbons (Fsp3) is 0.636. The van der Waals surface area contributed by atoms with Crippen LogP contribution in [0.25, 0.3) is 11.2 Å². The maximum absolute atomic E-state index is 11.0. The number of sulfonamides is 1. The van der Waals surface area contributed by atoms with E-state index in [-0.39, 0.29) is 0 Å². The molecule has 0 atom stereocenters. The summed E-state index contributed by atoms with van der Waals surface area (Å²) in [4.78, 5) is 3.18. The van der Waals surface area contributed by atoms with Crippen molar-refractivity contribution in [2.75, 3.05) is 12.8 Å². The van der Waals surface area contributed by atoms with Crippen molar-refractivity contribution >= 4 is 33.4 Å². The first-order valence-corrected chi connectivity index (χ1v) is 8.72. The predicted molar refractivity (Wildman–Crippen MR) is 80.7 cm³/mol. The molecule has 0 radical (unpaired) electrons. The lowest BCUT2D eigenvalue weighted by atomic mass is 10.3. The monoisotopic (exact) mass is 317 g/mol. The fourth-order valence-corrected chi connectivity index (χ4v) is 3.02. The quantitative estimate of drug-likeness (QED) is 0.613.